The number of carbonyl (C=O) groups excluding carboxylic acids is 2. The number of carbonyl (C=O) groups is 2. The van der Waals surface area contributed by atoms with Crippen LogP contribution in [0.15, 0.2) is 48.5 Å². The molecule has 0 saturated carbocycles. The number of hydrogen-bond acceptors (Lipinski definition) is 3. The van der Waals surface area contributed by atoms with Gasteiger partial charge < -0.3 is 15.0 Å². The first kappa shape index (κ1) is 17.0. The van der Waals surface area contributed by atoms with Gasteiger partial charge in [0, 0.05) is 18.7 Å². The predicted molar refractivity (Wildman–Crippen MR) is 92.0 cm³/mol. The lowest BCUT2D eigenvalue weighted by molar-refractivity contribution is -0.123. The van der Waals surface area contributed by atoms with Crippen LogP contribution in [-0.4, -0.2) is 31.0 Å². The van der Waals surface area contributed by atoms with E-state index in [1.165, 1.54) is 12.1 Å². The van der Waals surface area contributed by atoms with E-state index in [2.05, 4.69) is 5.32 Å². The van der Waals surface area contributed by atoms with Crippen LogP contribution in [0.25, 0.3) is 0 Å². The topological polar surface area (TPSA) is 58.6 Å². The number of nitrogens with zero attached hydrogens (tertiary/aromatic N) is 1. The molecule has 2 aromatic carbocycles. The van der Waals surface area contributed by atoms with E-state index in [1.54, 1.807) is 23.1 Å². The van der Waals surface area contributed by atoms with E-state index < -0.39 is 0 Å². The molecule has 1 N–H and O–H groups in total. The van der Waals surface area contributed by atoms with Crippen molar-refractivity contribution >= 4 is 17.5 Å². The first-order valence-electron chi connectivity index (χ1n) is 8.06. The number of hydrogen-bond donors (Lipinski definition) is 1. The molecule has 1 aliphatic heterocycles. The molecule has 6 heteroatoms. The van der Waals surface area contributed by atoms with Crippen LogP contribution in [0.3, 0.4) is 0 Å². The van der Waals surface area contributed by atoms with Gasteiger partial charge >= 0.3 is 0 Å². The highest BCUT2D eigenvalue weighted by Crippen LogP contribution is 2.21. The zero-order chi connectivity index (χ0) is 17.8. The summed E-state index contributed by atoms with van der Waals surface area (Å²) >= 11 is 0. The zero-order valence-corrected chi connectivity index (χ0v) is 13.9. The van der Waals surface area contributed by atoms with E-state index in [4.69, 9.17) is 4.74 Å². The fraction of sp³-hybridized carbons (Fsp3) is 0.263. The average Bonchev–Trinajstić information content (AvgIpc) is 2.94. The second-order valence-corrected chi connectivity index (χ2v) is 6.05. The molecule has 0 unspecified atom stereocenters. The maximum Gasteiger partial charge on any atom is 0.258 e. The SMILES string of the molecule is Cc1cccc(OCC(=O)N[C@@H]2CC(=O)N(c3ccc(F)cc3)C2)c1. The van der Waals surface area contributed by atoms with Gasteiger partial charge in [-0.25, -0.2) is 4.39 Å². The summed E-state index contributed by atoms with van der Waals surface area (Å²) in [6.45, 7) is 2.20. The van der Waals surface area contributed by atoms with Gasteiger partial charge in [-0.3, -0.25) is 9.59 Å². The molecule has 2 amide bonds. The fourth-order valence-corrected chi connectivity index (χ4v) is 2.80. The molecular formula is C19H19FN2O3. The summed E-state index contributed by atoms with van der Waals surface area (Å²) in [4.78, 5) is 25.7. The molecule has 1 saturated heterocycles. The smallest absolute Gasteiger partial charge is 0.258 e. The van der Waals surface area contributed by atoms with Crippen LogP contribution in [0.2, 0.25) is 0 Å². The highest BCUT2D eigenvalue weighted by molar-refractivity contribution is 5.96. The molecule has 0 bridgehead atoms. The van der Waals surface area contributed by atoms with Crippen molar-refractivity contribution in [2.75, 3.05) is 18.1 Å². The second kappa shape index (κ2) is 7.34. The Kier molecular flexibility index (Phi) is 4.97. The Morgan fingerprint density at radius 1 is 1.28 bits per heavy atom. The number of amides is 2. The van der Waals surface area contributed by atoms with Gasteiger partial charge in [-0.15, -0.1) is 0 Å². The molecule has 5 nitrogen and oxygen atoms in total. The minimum Gasteiger partial charge on any atom is -0.484 e. The maximum absolute atomic E-state index is 13.0. The first-order chi connectivity index (χ1) is 12.0. The summed E-state index contributed by atoms with van der Waals surface area (Å²) in [5, 5.41) is 2.80. The largest absolute Gasteiger partial charge is 0.484 e. The first-order valence-corrected chi connectivity index (χ1v) is 8.06. The van der Waals surface area contributed by atoms with Crippen molar-refractivity contribution in [3.05, 3.63) is 59.9 Å². The van der Waals surface area contributed by atoms with Crippen LogP contribution < -0.4 is 15.0 Å². The molecule has 1 atom stereocenters. The van der Waals surface area contributed by atoms with E-state index >= 15 is 0 Å². The number of benzene rings is 2. The molecule has 0 aliphatic carbocycles. The van der Waals surface area contributed by atoms with Crippen molar-refractivity contribution in [2.24, 2.45) is 0 Å². The summed E-state index contributed by atoms with van der Waals surface area (Å²) in [5.41, 5.74) is 1.67. The van der Waals surface area contributed by atoms with Crippen molar-refractivity contribution in [3.63, 3.8) is 0 Å². The van der Waals surface area contributed by atoms with Crippen molar-refractivity contribution < 1.29 is 18.7 Å². The lowest BCUT2D eigenvalue weighted by Crippen LogP contribution is -2.39. The lowest BCUT2D eigenvalue weighted by Gasteiger charge is -2.17. The molecule has 1 fully saturated rings. The second-order valence-electron chi connectivity index (χ2n) is 6.05. The van der Waals surface area contributed by atoms with Crippen LogP contribution in [0, 0.1) is 12.7 Å². The summed E-state index contributed by atoms with van der Waals surface area (Å²) in [6, 6.07) is 12.9. The standard InChI is InChI=1S/C19H19FN2O3/c1-13-3-2-4-17(9-13)25-12-18(23)21-15-10-19(24)22(11-15)16-7-5-14(20)6-8-16/h2-9,15H,10-12H2,1H3,(H,21,23)/t15-/m1/s1. The molecule has 1 heterocycles. The van der Waals surface area contributed by atoms with E-state index in [9.17, 15) is 14.0 Å². The number of aryl methyl sites for hydroxylation is 1. The van der Waals surface area contributed by atoms with Crippen molar-refractivity contribution in [2.45, 2.75) is 19.4 Å². The van der Waals surface area contributed by atoms with Crippen LogP contribution in [0.1, 0.15) is 12.0 Å². The molecule has 1 aliphatic rings. The molecular weight excluding hydrogens is 323 g/mol. The minimum atomic E-state index is -0.353. The number of rotatable bonds is 5. The number of anilines is 1. The minimum absolute atomic E-state index is 0.100. The van der Waals surface area contributed by atoms with Gasteiger partial charge in [-0.1, -0.05) is 12.1 Å². The summed E-state index contributed by atoms with van der Waals surface area (Å²) in [5.74, 6) is -0.101. The molecule has 0 radical (unpaired) electrons. The van der Waals surface area contributed by atoms with Gasteiger partial charge in [0.15, 0.2) is 6.61 Å². The van der Waals surface area contributed by atoms with Gasteiger partial charge in [0.25, 0.3) is 5.91 Å². The Labute approximate surface area is 145 Å². The quantitative estimate of drug-likeness (QED) is 0.908. The monoisotopic (exact) mass is 342 g/mol. The van der Waals surface area contributed by atoms with Crippen molar-refractivity contribution in [1.29, 1.82) is 0 Å². The van der Waals surface area contributed by atoms with Gasteiger partial charge in [-0.2, -0.15) is 0 Å². The Hall–Kier alpha value is -2.89. The van der Waals surface area contributed by atoms with E-state index in [1.807, 2.05) is 25.1 Å². The summed E-state index contributed by atoms with van der Waals surface area (Å²) in [6.07, 6.45) is 0.216. The third kappa shape index (κ3) is 4.35. The van der Waals surface area contributed by atoms with Gasteiger partial charge in [-0.05, 0) is 48.9 Å². The zero-order valence-electron chi connectivity index (χ0n) is 13.9. The van der Waals surface area contributed by atoms with Gasteiger partial charge in [0.2, 0.25) is 5.91 Å². The van der Waals surface area contributed by atoms with Gasteiger partial charge in [0.05, 0.1) is 6.04 Å². The molecule has 130 valence electrons. The normalized spacial score (nSPS) is 16.8. The highest BCUT2D eigenvalue weighted by Gasteiger charge is 2.31. The Morgan fingerprint density at radius 3 is 2.76 bits per heavy atom. The van der Waals surface area contributed by atoms with Crippen LogP contribution >= 0.6 is 0 Å². The molecule has 0 spiro atoms. The lowest BCUT2D eigenvalue weighted by atomic mass is 10.2. The predicted octanol–water partition coefficient (Wildman–Crippen LogP) is 2.43. The Balaban J connectivity index is 1.52. The molecule has 2 aromatic rings. The molecule has 25 heavy (non-hydrogen) atoms. The molecule has 3 rings (SSSR count). The van der Waals surface area contributed by atoms with Crippen molar-refractivity contribution in [3.8, 4) is 5.75 Å². The highest BCUT2D eigenvalue weighted by atomic mass is 19.1. The van der Waals surface area contributed by atoms with Gasteiger partial charge in [0.1, 0.15) is 11.6 Å². The fourth-order valence-electron chi connectivity index (χ4n) is 2.80. The Bertz CT molecular complexity index is 776. The number of nitrogens with one attached hydrogen (secondary N) is 1. The Morgan fingerprint density at radius 2 is 2.04 bits per heavy atom. The number of ether oxygens (including phenoxy) is 1. The number of halogens is 1. The van der Waals surface area contributed by atoms with E-state index in [0.29, 0.717) is 18.0 Å². The van der Waals surface area contributed by atoms with Crippen LogP contribution in [-0.2, 0) is 9.59 Å². The third-order valence-corrected chi connectivity index (χ3v) is 3.99. The van der Waals surface area contributed by atoms with Crippen LogP contribution in [0.5, 0.6) is 5.75 Å². The third-order valence-electron chi connectivity index (χ3n) is 3.99. The van der Waals surface area contributed by atoms with E-state index in [-0.39, 0.29) is 36.7 Å². The summed E-state index contributed by atoms with van der Waals surface area (Å²) in [7, 11) is 0. The average molecular weight is 342 g/mol. The molecule has 0 aromatic heterocycles. The van der Waals surface area contributed by atoms with E-state index in [0.717, 1.165) is 5.56 Å². The van der Waals surface area contributed by atoms with Crippen molar-refractivity contribution in [1.82, 2.24) is 5.32 Å². The van der Waals surface area contributed by atoms with Crippen LogP contribution in [0.4, 0.5) is 10.1 Å². The summed E-state index contributed by atoms with van der Waals surface area (Å²) < 4.78 is 18.5. The maximum atomic E-state index is 13.0.